The van der Waals surface area contributed by atoms with E-state index in [0.717, 1.165) is 6.26 Å². The Balaban J connectivity index is 1.78. The van der Waals surface area contributed by atoms with E-state index in [1.807, 2.05) is 13.8 Å². The molecule has 26 heavy (non-hydrogen) atoms. The van der Waals surface area contributed by atoms with Crippen LogP contribution < -0.4 is 10.1 Å². The third kappa shape index (κ3) is 4.17. The molecule has 1 aromatic carbocycles. The second kappa shape index (κ2) is 7.00. The molecular weight excluding hydrogens is 374 g/mol. The van der Waals surface area contributed by atoms with Gasteiger partial charge >= 0.3 is 0 Å². The highest BCUT2D eigenvalue weighted by Gasteiger charge is 2.13. The zero-order valence-corrected chi connectivity index (χ0v) is 16.0. The summed E-state index contributed by atoms with van der Waals surface area (Å²) in [6.45, 7) is 3.79. The van der Waals surface area contributed by atoms with E-state index in [4.69, 9.17) is 4.74 Å². The Morgan fingerprint density at radius 3 is 2.62 bits per heavy atom. The van der Waals surface area contributed by atoms with Crippen LogP contribution in [0.15, 0.2) is 41.4 Å². The predicted octanol–water partition coefficient (Wildman–Crippen LogP) is 3.13. The van der Waals surface area contributed by atoms with E-state index in [2.05, 4.69) is 15.3 Å². The number of carbonyl (C=O) groups is 1. The molecule has 3 rings (SSSR count). The Bertz CT molecular complexity index is 1060. The van der Waals surface area contributed by atoms with Gasteiger partial charge in [-0.1, -0.05) is 11.3 Å². The molecular formula is C17H17N3O4S2. The highest BCUT2D eigenvalue weighted by molar-refractivity contribution is 7.90. The topological polar surface area (TPSA) is 98.2 Å². The molecule has 0 aliphatic rings. The summed E-state index contributed by atoms with van der Waals surface area (Å²) in [4.78, 5) is 20.9. The fourth-order valence-corrected chi connectivity index (χ4v) is 3.81. The van der Waals surface area contributed by atoms with Crippen molar-refractivity contribution >= 4 is 42.4 Å². The predicted molar refractivity (Wildman–Crippen MR) is 101 cm³/mol. The van der Waals surface area contributed by atoms with Crippen LogP contribution in [0, 0.1) is 0 Å². The van der Waals surface area contributed by atoms with Gasteiger partial charge in [-0.2, -0.15) is 0 Å². The SMILES string of the molecule is CC(C)Oc1ccc(C(=O)Nc2nc3ccc(S(C)(=O)=O)cc3s2)cn1. The second-order valence-electron chi connectivity index (χ2n) is 5.93. The number of sulfone groups is 1. The first-order valence-electron chi connectivity index (χ1n) is 7.77. The lowest BCUT2D eigenvalue weighted by atomic mass is 10.3. The van der Waals surface area contributed by atoms with Crippen molar-refractivity contribution in [3.63, 3.8) is 0 Å². The first kappa shape index (κ1) is 18.3. The van der Waals surface area contributed by atoms with Gasteiger partial charge in [0.2, 0.25) is 5.88 Å². The summed E-state index contributed by atoms with van der Waals surface area (Å²) in [7, 11) is -3.29. The maximum absolute atomic E-state index is 12.3. The Morgan fingerprint density at radius 2 is 2.00 bits per heavy atom. The van der Waals surface area contributed by atoms with Crippen LogP contribution in [0.5, 0.6) is 5.88 Å². The summed E-state index contributed by atoms with van der Waals surface area (Å²) in [5.41, 5.74) is 0.994. The fourth-order valence-electron chi connectivity index (χ4n) is 2.18. The molecule has 1 amide bonds. The van der Waals surface area contributed by atoms with Gasteiger partial charge in [-0.05, 0) is 38.1 Å². The van der Waals surface area contributed by atoms with E-state index in [0.29, 0.717) is 26.8 Å². The molecule has 136 valence electrons. The highest BCUT2D eigenvalue weighted by atomic mass is 32.2. The average molecular weight is 391 g/mol. The van der Waals surface area contributed by atoms with E-state index in [9.17, 15) is 13.2 Å². The van der Waals surface area contributed by atoms with Crippen molar-refractivity contribution in [1.82, 2.24) is 9.97 Å². The minimum Gasteiger partial charge on any atom is -0.475 e. The number of aromatic nitrogens is 2. The van der Waals surface area contributed by atoms with Crippen LogP contribution in [0.25, 0.3) is 10.2 Å². The quantitative estimate of drug-likeness (QED) is 0.717. The summed E-state index contributed by atoms with van der Waals surface area (Å²) in [6.07, 6.45) is 2.58. The van der Waals surface area contributed by atoms with Gasteiger partial charge in [0, 0.05) is 18.5 Å². The van der Waals surface area contributed by atoms with Crippen LogP contribution >= 0.6 is 11.3 Å². The number of benzene rings is 1. The number of amides is 1. The average Bonchev–Trinajstić information content (AvgIpc) is 2.95. The van der Waals surface area contributed by atoms with Gasteiger partial charge in [-0.3, -0.25) is 10.1 Å². The van der Waals surface area contributed by atoms with Gasteiger partial charge in [0.05, 0.1) is 26.8 Å². The van der Waals surface area contributed by atoms with Gasteiger partial charge in [0.15, 0.2) is 15.0 Å². The number of fused-ring (bicyclic) bond motifs is 1. The molecule has 0 atom stereocenters. The first-order valence-corrected chi connectivity index (χ1v) is 10.5. The minimum absolute atomic E-state index is 0.00162. The van der Waals surface area contributed by atoms with E-state index in [1.54, 1.807) is 24.3 Å². The standard InChI is InChI=1S/C17H17N3O4S2/c1-10(2)24-15-7-4-11(9-18-15)16(21)20-17-19-13-6-5-12(26(3,22)23)8-14(13)25-17/h4-10H,1-3H3,(H,19,20,21). The summed E-state index contributed by atoms with van der Waals surface area (Å²) in [5, 5.41) is 3.09. The Hall–Kier alpha value is -2.52. The maximum Gasteiger partial charge on any atom is 0.259 e. The zero-order valence-electron chi connectivity index (χ0n) is 14.4. The van der Waals surface area contributed by atoms with E-state index >= 15 is 0 Å². The molecule has 0 saturated carbocycles. The molecule has 0 fully saturated rings. The van der Waals surface area contributed by atoms with Crippen LogP contribution in [0.1, 0.15) is 24.2 Å². The van der Waals surface area contributed by atoms with Gasteiger partial charge in [-0.15, -0.1) is 0 Å². The molecule has 9 heteroatoms. The smallest absolute Gasteiger partial charge is 0.259 e. The van der Waals surface area contributed by atoms with Crippen LogP contribution in [0.4, 0.5) is 5.13 Å². The number of hydrogen-bond donors (Lipinski definition) is 1. The first-order chi connectivity index (χ1) is 12.2. The maximum atomic E-state index is 12.3. The lowest BCUT2D eigenvalue weighted by molar-refractivity contribution is 0.102. The van der Waals surface area contributed by atoms with Gasteiger partial charge < -0.3 is 4.74 Å². The van der Waals surface area contributed by atoms with Crippen molar-refractivity contribution in [2.24, 2.45) is 0 Å². The van der Waals surface area contributed by atoms with E-state index in [-0.39, 0.29) is 16.9 Å². The van der Waals surface area contributed by atoms with Crippen molar-refractivity contribution in [2.45, 2.75) is 24.8 Å². The normalized spacial score (nSPS) is 11.7. The number of ether oxygens (including phenoxy) is 1. The molecule has 0 saturated heterocycles. The molecule has 0 unspecified atom stereocenters. The zero-order chi connectivity index (χ0) is 18.9. The number of carbonyl (C=O) groups excluding carboxylic acids is 1. The van der Waals surface area contributed by atoms with E-state index in [1.165, 1.54) is 23.6 Å². The van der Waals surface area contributed by atoms with Crippen LogP contribution in [-0.2, 0) is 9.84 Å². The van der Waals surface area contributed by atoms with Crippen molar-refractivity contribution in [3.8, 4) is 5.88 Å². The molecule has 2 heterocycles. The van der Waals surface area contributed by atoms with Crippen LogP contribution in [0.3, 0.4) is 0 Å². The van der Waals surface area contributed by atoms with Crippen LogP contribution in [-0.4, -0.2) is 36.7 Å². The Kier molecular flexibility index (Phi) is 4.92. The third-order valence-corrected chi connectivity index (χ3v) is 5.41. The Morgan fingerprint density at radius 1 is 1.23 bits per heavy atom. The summed E-state index contributed by atoms with van der Waals surface area (Å²) in [5.74, 6) is 0.0980. The highest BCUT2D eigenvalue weighted by Crippen LogP contribution is 2.28. The van der Waals surface area contributed by atoms with Crippen molar-refractivity contribution in [1.29, 1.82) is 0 Å². The van der Waals surface area contributed by atoms with Crippen molar-refractivity contribution < 1.29 is 17.9 Å². The monoisotopic (exact) mass is 391 g/mol. The number of anilines is 1. The number of nitrogens with one attached hydrogen (secondary N) is 1. The number of nitrogens with zero attached hydrogens (tertiary/aromatic N) is 2. The molecule has 0 radical (unpaired) electrons. The third-order valence-electron chi connectivity index (χ3n) is 3.36. The molecule has 0 bridgehead atoms. The van der Waals surface area contributed by atoms with Crippen LogP contribution in [0.2, 0.25) is 0 Å². The Labute approximate surface area is 155 Å². The summed E-state index contributed by atoms with van der Waals surface area (Å²) in [6, 6.07) is 7.93. The second-order valence-corrected chi connectivity index (χ2v) is 8.97. The van der Waals surface area contributed by atoms with Gasteiger partial charge in [0.25, 0.3) is 5.91 Å². The lowest BCUT2D eigenvalue weighted by Crippen LogP contribution is -2.12. The molecule has 0 aliphatic heterocycles. The van der Waals surface area contributed by atoms with E-state index < -0.39 is 9.84 Å². The molecule has 0 spiro atoms. The van der Waals surface area contributed by atoms with Gasteiger partial charge in [0.1, 0.15) is 0 Å². The molecule has 0 aliphatic carbocycles. The van der Waals surface area contributed by atoms with Crippen molar-refractivity contribution in [2.75, 3.05) is 11.6 Å². The molecule has 3 aromatic rings. The lowest BCUT2D eigenvalue weighted by Gasteiger charge is -2.08. The molecule has 1 N–H and O–H groups in total. The largest absolute Gasteiger partial charge is 0.475 e. The van der Waals surface area contributed by atoms with Gasteiger partial charge in [-0.25, -0.2) is 18.4 Å². The number of rotatable bonds is 5. The molecule has 7 nitrogen and oxygen atoms in total. The summed E-state index contributed by atoms with van der Waals surface area (Å²) >= 11 is 1.21. The van der Waals surface area contributed by atoms with Crippen molar-refractivity contribution in [3.05, 3.63) is 42.1 Å². The number of hydrogen-bond acceptors (Lipinski definition) is 7. The summed E-state index contributed by atoms with van der Waals surface area (Å²) < 4.78 is 29.4. The molecule has 2 aromatic heterocycles. The fraction of sp³-hybridized carbons (Fsp3) is 0.235. The number of pyridine rings is 1. The number of thiazole rings is 1. The minimum atomic E-state index is -3.29.